The number of halogens is 1. The van der Waals surface area contributed by atoms with Crippen LogP contribution in [0.5, 0.6) is 0 Å². The van der Waals surface area contributed by atoms with Gasteiger partial charge in [0.15, 0.2) is 0 Å². The van der Waals surface area contributed by atoms with Gasteiger partial charge in [-0.3, -0.25) is 0 Å². The lowest BCUT2D eigenvalue weighted by Gasteiger charge is -2.33. The molecule has 16 heavy (non-hydrogen) atoms. The molecule has 1 aliphatic rings. The predicted molar refractivity (Wildman–Crippen MR) is 70.0 cm³/mol. The average Bonchev–Trinajstić information content (AvgIpc) is 2.75. The van der Waals surface area contributed by atoms with Gasteiger partial charge in [-0.2, -0.15) is 0 Å². The molecule has 1 aromatic rings. The van der Waals surface area contributed by atoms with Crippen molar-refractivity contribution < 1.29 is 5.11 Å². The van der Waals surface area contributed by atoms with Crippen LogP contribution >= 0.6 is 22.9 Å². The lowest BCUT2D eigenvalue weighted by atomic mass is 9.74. The van der Waals surface area contributed by atoms with Gasteiger partial charge in [0.1, 0.15) is 0 Å². The van der Waals surface area contributed by atoms with Crippen LogP contribution in [0.3, 0.4) is 0 Å². The first-order valence-corrected chi connectivity index (χ1v) is 7.35. The Labute approximate surface area is 106 Å². The Kier molecular flexibility index (Phi) is 4.28. The molecule has 0 amide bonds. The smallest absolute Gasteiger partial charge is 0.0932 e. The van der Waals surface area contributed by atoms with Crippen molar-refractivity contribution in [1.82, 2.24) is 0 Å². The highest BCUT2D eigenvalue weighted by Gasteiger charge is 2.31. The van der Waals surface area contributed by atoms with E-state index in [1.165, 1.54) is 37.0 Å². The van der Waals surface area contributed by atoms with Crippen LogP contribution in [0.25, 0.3) is 0 Å². The van der Waals surface area contributed by atoms with Crippen molar-refractivity contribution in [2.75, 3.05) is 0 Å². The molecule has 0 radical (unpaired) electrons. The maximum atomic E-state index is 10.4. The average molecular weight is 259 g/mol. The predicted octanol–water partition coefficient (Wildman–Crippen LogP) is 4.65. The maximum absolute atomic E-state index is 10.4. The number of aliphatic hydroxyl groups is 1. The topological polar surface area (TPSA) is 20.2 Å². The van der Waals surface area contributed by atoms with Crippen molar-refractivity contribution in [1.29, 1.82) is 0 Å². The SMILES string of the molecule is CCC1CCCCC1C(O)c1ccc(Cl)s1. The van der Waals surface area contributed by atoms with Crippen molar-refractivity contribution in [2.45, 2.75) is 45.1 Å². The van der Waals surface area contributed by atoms with Gasteiger partial charge in [0.2, 0.25) is 0 Å². The molecule has 90 valence electrons. The normalized spacial score (nSPS) is 27.9. The second-order valence-electron chi connectivity index (χ2n) is 4.70. The monoisotopic (exact) mass is 258 g/mol. The summed E-state index contributed by atoms with van der Waals surface area (Å²) < 4.78 is 0.776. The van der Waals surface area contributed by atoms with Crippen LogP contribution in [-0.4, -0.2) is 5.11 Å². The highest BCUT2D eigenvalue weighted by molar-refractivity contribution is 7.16. The minimum Gasteiger partial charge on any atom is -0.387 e. The molecule has 0 aromatic carbocycles. The van der Waals surface area contributed by atoms with Gasteiger partial charge in [-0.25, -0.2) is 0 Å². The molecule has 0 saturated heterocycles. The van der Waals surface area contributed by atoms with Crippen LogP contribution in [0.15, 0.2) is 12.1 Å². The first-order chi connectivity index (χ1) is 7.72. The van der Waals surface area contributed by atoms with Crippen LogP contribution in [0.4, 0.5) is 0 Å². The Hall–Kier alpha value is -0.0500. The summed E-state index contributed by atoms with van der Waals surface area (Å²) in [6.45, 7) is 2.23. The van der Waals surface area contributed by atoms with Gasteiger partial charge < -0.3 is 5.11 Å². The van der Waals surface area contributed by atoms with Gasteiger partial charge in [0.05, 0.1) is 10.4 Å². The first kappa shape index (κ1) is 12.4. The van der Waals surface area contributed by atoms with E-state index in [4.69, 9.17) is 11.6 Å². The van der Waals surface area contributed by atoms with E-state index in [1.54, 1.807) is 0 Å². The number of rotatable bonds is 3. The summed E-state index contributed by atoms with van der Waals surface area (Å²) in [6, 6.07) is 3.85. The zero-order valence-corrected chi connectivity index (χ0v) is 11.2. The Bertz CT molecular complexity index is 336. The van der Waals surface area contributed by atoms with E-state index in [0.29, 0.717) is 11.8 Å². The van der Waals surface area contributed by atoms with Crippen molar-refractivity contribution in [3.05, 3.63) is 21.3 Å². The summed E-state index contributed by atoms with van der Waals surface area (Å²) in [6.07, 6.45) is 5.90. The molecule has 2 rings (SSSR count). The summed E-state index contributed by atoms with van der Waals surface area (Å²) >= 11 is 7.44. The van der Waals surface area contributed by atoms with Crippen LogP contribution in [0, 0.1) is 11.8 Å². The minimum absolute atomic E-state index is 0.303. The van der Waals surface area contributed by atoms with Crippen molar-refractivity contribution in [3.63, 3.8) is 0 Å². The standard InChI is InChI=1S/C13H19ClOS/c1-2-9-5-3-4-6-10(9)13(15)11-7-8-12(14)16-11/h7-10,13,15H,2-6H2,1H3. The number of thiophene rings is 1. The maximum Gasteiger partial charge on any atom is 0.0932 e. The number of hydrogen-bond acceptors (Lipinski definition) is 2. The molecule has 3 unspecified atom stereocenters. The largest absolute Gasteiger partial charge is 0.387 e. The molecule has 3 atom stereocenters. The van der Waals surface area contributed by atoms with Crippen LogP contribution in [0.1, 0.15) is 50.0 Å². The number of aliphatic hydroxyl groups excluding tert-OH is 1. The van der Waals surface area contributed by atoms with Gasteiger partial charge in [-0.1, -0.05) is 44.2 Å². The molecule has 3 heteroatoms. The second-order valence-corrected chi connectivity index (χ2v) is 6.45. The summed E-state index contributed by atoms with van der Waals surface area (Å²) in [5, 5.41) is 10.4. The fourth-order valence-corrected chi connectivity index (χ4v) is 3.98. The van der Waals surface area contributed by atoms with Gasteiger partial charge in [0, 0.05) is 4.88 Å². The summed E-state index contributed by atoms with van der Waals surface area (Å²) in [4.78, 5) is 1.04. The molecular formula is C13H19ClOS. The van der Waals surface area contributed by atoms with E-state index >= 15 is 0 Å². The van der Waals surface area contributed by atoms with E-state index in [-0.39, 0.29) is 6.10 Å². The molecule has 1 N–H and O–H groups in total. The quantitative estimate of drug-likeness (QED) is 0.837. The van der Waals surface area contributed by atoms with E-state index in [2.05, 4.69) is 6.92 Å². The van der Waals surface area contributed by atoms with E-state index in [9.17, 15) is 5.11 Å². The van der Waals surface area contributed by atoms with Gasteiger partial charge in [0.25, 0.3) is 0 Å². The lowest BCUT2D eigenvalue weighted by Crippen LogP contribution is -2.24. The van der Waals surface area contributed by atoms with E-state index in [1.807, 2.05) is 12.1 Å². The third kappa shape index (κ3) is 2.61. The molecule has 1 fully saturated rings. The molecule has 0 aliphatic heterocycles. The zero-order chi connectivity index (χ0) is 11.5. The fraction of sp³-hybridized carbons (Fsp3) is 0.692. The minimum atomic E-state index is -0.303. The first-order valence-electron chi connectivity index (χ1n) is 6.15. The van der Waals surface area contributed by atoms with Crippen LogP contribution in [-0.2, 0) is 0 Å². The Morgan fingerprint density at radius 1 is 1.44 bits per heavy atom. The third-order valence-corrected chi connectivity index (χ3v) is 5.09. The molecule has 1 saturated carbocycles. The van der Waals surface area contributed by atoms with Crippen LogP contribution < -0.4 is 0 Å². The summed E-state index contributed by atoms with van der Waals surface area (Å²) in [5.74, 6) is 1.12. The molecular weight excluding hydrogens is 240 g/mol. The van der Waals surface area contributed by atoms with Crippen molar-refractivity contribution >= 4 is 22.9 Å². The Balaban J connectivity index is 2.10. The van der Waals surface area contributed by atoms with E-state index in [0.717, 1.165) is 15.6 Å². The van der Waals surface area contributed by atoms with E-state index < -0.39 is 0 Å². The Morgan fingerprint density at radius 3 is 2.81 bits per heavy atom. The summed E-state index contributed by atoms with van der Waals surface area (Å²) in [7, 11) is 0. The highest BCUT2D eigenvalue weighted by atomic mass is 35.5. The summed E-state index contributed by atoms with van der Waals surface area (Å²) in [5.41, 5.74) is 0. The third-order valence-electron chi connectivity index (χ3n) is 3.78. The molecule has 0 spiro atoms. The number of hydrogen-bond donors (Lipinski definition) is 1. The van der Waals surface area contributed by atoms with Crippen LogP contribution in [0.2, 0.25) is 4.34 Å². The molecule has 1 aromatic heterocycles. The Morgan fingerprint density at radius 2 is 2.19 bits per heavy atom. The highest BCUT2D eigenvalue weighted by Crippen LogP contribution is 2.42. The van der Waals surface area contributed by atoms with Gasteiger partial charge in [-0.15, -0.1) is 11.3 Å². The van der Waals surface area contributed by atoms with Crippen molar-refractivity contribution in [3.8, 4) is 0 Å². The molecule has 0 bridgehead atoms. The lowest BCUT2D eigenvalue weighted by molar-refractivity contribution is 0.0477. The fourth-order valence-electron chi connectivity index (χ4n) is 2.86. The second kappa shape index (κ2) is 5.52. The molecule has 1 aliphatic carbocycles. The van der Waals surface area contributed by atoms with Gasteiger partial charge >= 0.3 is 0 Å². The zero-order valence-electron chi connectivity index (χ0n) is 9.66. The van der Waals surface area contributed by atoms with Crippen molar-refractivity contribution in [2.24, 2.45) is 11.8 Å². The van der Waals surface area contributed by atoms with Gasteiger partial charge in [-0.05, 0) is 30.4 Å². The molecule has 1 heterocycles. The molecule has 1 nitrogen and oxygen atoms in total.